The van der Waals surface area contributed by atoms with Gasteiger partial charge in [0.25, 0.3) is 0 Å². The van der Waals surface area contributed by atoms with Crippen LogP contribution in [-0.2, 0) is 14.8 Å². The molecule has 0 aromatic heterocycles. The number of amides is 1. The Kier molecular flexibility index (Phi) is 6.60. The Hall–Kier alpha value is -2.42. The van der Waals surface area contributed by atoms with Crippen molar-refractivity contribution < 1.29 is 13.2 Å². The third-order valence-corrected chi connectivity index (χ3v) is 8.18. The van der Waals surface area contributed by atoms with Gasteiger partial charge in [-0.2, -0.15) is 4.31 Å². The maximum atomic E-state index is 13.1. The molecule has 1 unspecified atom stereocenters. The molecular weight excluding hydrogens is 412 g/mol. The highest BCUT2D eigenvalue weighted by atomic mass is 32.2. The third kappa shape index (κ3) is 4.76. The Morgan fingerprint density at radius 2 is 1.32 bits per heavy atom. The maximum absolute atomic E-state index is 13.1. The summed E-state index contributed by atoms with van der Waals surface area (Å²) in [7, 11) is -3.48. The zero-order valence-corrected chi connectivity index (χ0v) is 18.7. The van der Waals surface area contributed by atoms with E-state index in [0.29, 0.717) is 44.2 Å². The molecule has 2 aromatic carbocycles. The van der Waals surface area contributed by atoms with Crippen LogP contribution in [0.15, 0.2) is 65.6 Å². The van der Waals surface area contributed by atoms with Crippen LogP contribution in [0.2, 0.25) is 0 Å². The second kappa shape index (κ2) is 9.38. The average molecular weight is 443 g/mol. The van der Waals surface area contributed by atoms with E-state index in [1.165, 1.54) is 9.99 Å². The molecule has 1 atom stereocenters. The van der Waals surface area contributed by atoms with Crippen molar-refractivity contribution in [2.24, 2.45) is 0 Å². The first-order chi connectivity index (χ1) is 15.0. The normalized spacial score (nSPS) is 19.9. The van der Waals surface area contributed by atoms with Crippen molar-refractivity contribution in [2.75, 3.05) is 57.3 Å². The van der Waals surface area contributed by atoms with Gasteiger partial charge in [0, 0.05) is 58.0 Å². The minimum atomic E-state index is -3.48. The number of rotatable bonds is 5. The zero-order chi connectivity index (χ0) is 21.8. The molecule has 0 spiro atoms. The van der Waals surface area contributed by atoms with Gasteiger partial charge in [-0.1, -0.05) is 36.4 Å². The molecule has 0 radical (unpaired) electrons. The largest absolute Gasteiger partial charge is 0.368 e. The van der Waals surface area contributed by atoms with Crippen LogP contribution in [0.25, 0.3) is 0 Å². The van der Waals surface area contributed by atoms with Gasteiger partial charge in [-0.15, -0.1) is 0 Å². The van der Waals surface area contributed by atoms with Crippen LogP contribution >= 0.6 is 0 Å². The molecule has 8 heteroatoms. The van der Waals surface area contributed by atoms with E-state index in [9.17, 15) is 13.2 Å². The van der Waals surface area contributed by atoms with E-state index in [1.54, 1.807) is 24.3 Å². The first kappa shape index (κ1) is 21.8. The lowest BCUT2D eigenvalue weighted by Crippen LogP contribution is -2.58. The van der Waals surface area contributed by atoms with Gasteiger partial charge in [-0.05, 0) is 31.2 Å². The molecule has 166 valence electrons. The van der Waals surface area contributed by atoms with Crippen LogP contribution in [0.5, 0.6) is 0 Å². The van der Waals surface area contributed by atoms with Gasteiger partial charge in [-0.25, -0.2) is 8.42 Å². The first-order valence-corrected chi connectivity index (χ1v) is 12.3. The van der Waals surface area contributed by atoms with E-state index in [4.69, 9.17) is 0 Å². The van der Waals surface area contributed by atoms with Crippen LogP contribution in [0, 0.1) is 0 Å². The molecule has 2 aliphatic heterocycles. The minimum Gasteiger partial charge on any atom is -0.368 e. The second-order valence-corrected chi connectivity index (χ2v) is 10.0. The molecule has 2 heterocycles. The molecule has 31 heavy (non-hydrogen) atoms. The summed E-state index contributed by atoms with van der Waals surface area (Å²) < 4.78 is 27.2. The highest BCUT2D eigenvalue weighted by Crippen LogP contribution is 2.20. The predicted molar refractivity (Wildman–Crippen MR) is 121 cm³/mol. The molecule has 4 rings (SSSR count). The SMILES string of the molecule is CC(C(=O)N1CCN(c2ccccc2)CC1)N1CCN(S(=O)(=O)c2ccccc2)CC1. The molecule has 7 nitrogen and oxygen atoms in total. The quantitative estimate of drug-likeness (QED) is 0.706. The van der Waals surface area contributed by atoms with Crippen LogP contribution in [-0.4, -0.2) is 86.8 Å². The van der Waals surface area contributed by atoms with E-state index >= 15 is 0 Å². The van der Waals surface area contributed by atoms with E-state index in [0.717, 1.165) is 13.1 Å². The summed E-state index contributed by atoms with van der Waals surface area (Å²) in [5.74, 6) is 0.132. The molecule has 0 bridgehead atoms. The Morgan fingerprint density at radius 1 is 0.774 bits per heavy atom. The number of para-hydroxylation sites is 1. The summed E-state index contributed by atoms with van der Waals surface area (Å²) in [6.07, 6.45) is 0. The number of carbonyl (C=O) groups excluding carboxylic acids is 1. The Bertz CT molecular complexity index is 968. The molecular formula is C23H30N4O3S. The lowest BCUT2D eigenvalue weighted by Gasteiger charge is -2.41. The second-order valence-electron chi connectivity index (χ2n) is 8.08. The number of hydrogen-bond donors (Lipinski definition) is 0. The number of nitrogens with zero attached hydrogens (tertiary/aromatic N) is 4. The van der Waals surface area contributed by atoms with Crippen molar-refractivity contribution >= 4 is 21.6 Å². The number of anilines is 1. The fourth-order valence-corrected chi connectivity index (χ4v) is 5.76. The fourth-order valence-electron chi connectivity index (χ4n) is 4.32. The van der Waals surface area contributed by atoms with E-state index in [-0.39, 0.29) is 11.9 Å². The lowest BCUT2D eigenvalue weighted by molar-refractivity contribution is -0.137. The summed E-state index contributed by atoms with van der Waals surface area (Å²) in [5.41, 5.74) is 1.19. The molecule has 0 saturated carbocycles. The lowest BCUT2D eigenvalue weighted by atomic mass is 10.2. The molecule has 2 aromatic rings. The average Bonchev–Trinajstić information content (AvgIpc) is 2.84. The van der Waals surface area contributed by atoms with Gasteiger partial charge in [-0.3, -0.25) is 9.69 Å². The zero-order valence-electron chi connectivity index (χ0n) is 17.9. The number of piperazine rings is 2. The summed E-state index contributed by atoms with van der Waals surface area (Å²) in [6.45, 7) is 6.92. The van der Waals surface area contributed by atoms with Crippen molar-refractivity contribution in [3.63, 3.8) is 0 Å². The van der Waals surface area contributed by atoms with Crippen molar-refractivity contribution in [1.29, 1.82) is 0 Å². The van der Waals surface area contributed by atoms with Crippen molar-refractivity contribution in [1.82, 2.24) is 14.1 Å². The van der Waals surface area contributed by atoms with Crippen LogP contribution in [0.3, 0.4) is 0 Å². The van der Waals surface area contributed by atoms with Gasteiger partial charge in [0.15, 0.2) is 0 Å². The highest BCUT2D eigenvalue weighted by molar-refractivity contribution is 7.89. The van der Waals surface area contributed by atoms with Gasteiger partial charge in [0.2, 0.25) is 15.9 Å². The molecule has 2 fully saturated rings. The van der Waals surface area contributed by atoms with Crippen LogP contribution < -0.4 is 4.90 Å². The molecule has 0 N–H and O–H groups in total. The topological polar surface area (TPSA) is 64.2 Å². The third-order valence-electron chi connectivity index (χ3n) is 6.27. The van der Waals surface area contributed by atoms with E-state index < -0.39 is 10.0 Å². The van der Waals surface area contributed by atoms with Crippen molar-refractivity contribution in [3.05, 3.63) is 60.7 Å². The fraction of sp³-hybridized carbons (Fsp3) is 0.435. The predicted octanol–water partition coefficient (Wildman–Crippen LogP) is 1.73. The number of sulfonamides is 1. The van der Waals surface area contributed by atoms with Gasteiger partial charge < -0.3 is 9.80 Å². The summed E-state index contributed by atoms with van der Waals surface area (Å²) in [5, 5.41) is 0. The van der Waals surface area contributed by atoms with E-state index in [1.807, 2.05) is 36.1 Å². The van der Waals surface area contributed by atoms with Gasteiger partial charge in [0.1, 0.15) is 0 Å². The van der Waals surface area contributed by atoms with Crippen molar-refractivity contribution in [3.8, 4) is 0 Å². The Morgan fingerprint density at radius 3 is 1.90 bits per heavy atom. The first-order valence-electron chi connectivity index (χ1n) is 10.8. The Balaban J connectivity index is 1.30. The highest BCUT2D eigenvalue weighted by Gasteiger charge is 2.33. The van der Waals surface area contributed by atoms with E-state index in [2.05, 4.69) is 21.9 Å². The summed E-state index contributed by atoms with van der Waals surface area (Å²) in [6, 6.07) is 18.6. The van der Waals surface area contributed by atoms with Crippen LogP contribution in [0.1, 0.15) is 6.92 Å². The number of benzene rings is 2. The molecule has 0 aliphatic carbocycles. The minimum absolute atomic E-state index is 0.132. The standard InChI is InChI=1S/C23H30N4O3S/c1-20(23(28)26-14-12-25(13-15-26)21-8-4-2-5-9-21)24-16-18-27(19-17-24)31(29,30)22-10-6-3-7-11-22/h2-11,20H,12-19H2,1H3. The van der Waals surface area contributed by atoms with Crippen molar-refractivity contribution in [2.45, 2.75) is 17.9 Å². The van der Waals surface area contributed by atoms with Gasteiger partial charge in [0.05, 0.1) is 10.9 Å². The maximum Gasteiger partial charge on any atom is 0.243 e. The van der Waals surface area contributed by atoms with Gasteiger partial charge >= 0.3 is 0 Å². The molecule has 2 saturated heterocycles. The number of carbonyl (C=O) groups is 1. The smallest absolute Gasteiger partial charge is 0.243 e. The Labute approximate surface area is 184 Å². The molecule has 2 aliphatic rings. The monoisotopic (exact) mass is 442 g/mol. The summed E-state index contributed by atoms with van der Waals surface area (Å²) in [4.78, 5) is 19.7. The molecule has 1 amide bonds. The summed E-state index contributed by atoms with van der Waals surface area (Å²) >= 11 is 0. The van der Waals surface area contributed by atoms with Crippen LogP contribution in [0.4, 0.5) is 5.69 Å². The number of hydrogen-bond acceptors (Lipinski definition) is 5.